The van der Waals surface area contributed by atoms with Crippen LogP contribution in [0.2, 0.25) is 0 Å². The van der Waals surface area contributed by atoms with Crippen molar-refractivity contribution in [3.63, 3.8) is 0 Å². The van der Waals surface area contributed by atoms with Crippen LogP contribution in [0.5, 0.6) is 0 Å². The third-order valence-electron chi connectivity index (χ3n) is 10.4. The molecule has 1 heteroatoms. The predicted octanol–water partition coefficient (Wildman–Crippen LogP) is 6.83. The summed E-state index contributed by atoms with van der Waals surface area (Å²) in [6, 6.07) is 0. The van der Waals surface area contributed by atoms with E-state index in [0.29, 0.717) is 17.4 Å². The molecule has 1 nitrogen and oxygen atoms in total. The molecule has 0 aromatic carbocycles. The minimum atomic E-state index is 0.384. The zero-order valence-corrected chi connectivity index (χ0v) is 17.8. The maximum atomic E-state index is 9.19. The third-order valence-corrected chi connectivity index (χ3v) is 10.4. The minimum absolute atomic E-state index is 0.384. The van der Waals surface area contributed by atoms with Crippen LogP contribution in [0.25, 0.3) is 0 Å². The topological polar surface area (TPSA) is 20.2 Å². The quantitative estimate of drug-likeness (QED) is 0.532. The van der Waals surface area contributed by atoms with Crippen LogP contribution in [-0.2, 0) is 0 Å². The van der Waals surface area contributed by atoms with Crippen molar-refractivity contribution < 1.29 is 5.11 Å². The number of rotatable bonds is 5. The molecule has 150 valence electrons. The molecule has 0 heterocycles. The number of fused-ring (bicyclic) bond motifs is 5. The van der Waals surface area contributed by atoms with E-state index in [1.54, 1.807) is 6.42 Å². The summed E-state index contributed by atoms with van der Waals surface area (Å²) in [6.45, 7) is 8.28. The van der Waals surface area contributed by atoms with Gasteiger partial charge in [-0.15, -0.1) is 0 Å². The van der Waals surface area contributed by atoms with Crippen LogP contribution in [0.3, 0.4) is 0 Å². The summed E-state index contributed by atoms with van der Waals surface area (Å²) in [5.41, 5.74) is 1.28. The maximum Gasteiger partial charge on any atom is 0.0431 e. The lowest BCUT2D eigenvalue weighted by Crippen LogP contribution is -2.55. The van der Waals surface area contributed by atoms with Gasteiger partial charge in [-0.3, -0.25) is 0 Å². The van der Waals surface area contributed by atoms with E-state index < -0.39 is 0 Å². The number of hydrogen-bond acceptors (Lipinski definition) is 1. The average molecular weight is 361 g/mol. The van der Waals surface area contributed by atoms with E-state index in [4.69, 9.17) is 0 Å². The fraction of sp³-hybridized carbons (Fsp3) is 1.00. The molecule has 4 aliphatic rings. The summed E-state index contributed by atoms with van der Waals surface area (Å²) < 4.78 is 0. The van der Waals surface area contributed by atoms with Gasteiger partial charge in [-0.05, 0) is 104 Å². The average Bonchev–Trinajstić information content (AvgIpc) is 2.97. The molecule has 4 aliphatic carbocycles. The molecular weight excluding hydrogens is 316 g/mol. The van der Waals surface area contributed by atoms with Gasteiger partial charge in [0, 0.05) is 6.61 Å². The van der Waals surface area contributed by atoms with Crippen LogP contribution in [-0.4, -0.2) is 11.7 Å². The zero-order chi connectivity index (χ0) is 18.4. The first-order chi connectivity index (χ1) is 12.5. The number of aliphatic hydroxyl groups excluding tert-OH is 1. The van der Waals surface area contributed by atoms with Crippen LogP contribution in [0.15, 0.2) is 0 Å². The maximum absolute atomic E-state index is 9.19. The van der Waals surface area contributed by atoms with Crippen molar-refractivity contribution in [3.8, 4) is 0 Å². The van der Waals surface area contributed by atoms with Crippen LogP contribution >= 0.6 is 0 Å². The molecule has 0 bridgehead atoms. The summed E-state index contributed by atoms with van der Waals surface area (Å²) >= 11 is 0. The van der Waals surface area contributed by atoms with E-state index in [0.717, 1.165) is 41.9 Å². The highest BCUT2D eigenvalue weighted by Crippen LogP contribution is 2.69. The van der Waals surface area contributed by atoms with E-state index in [-0.39, 0.29) is 0 Å². The van der Waals surface area contributed by atoms with E-state index in [2.05, 4.69) is 20.8 Å². The lowest BCUT2D eigenvalue weighted by Gasteiger charge is -2.62. The van der Waals surface area contributed by atoms with Crippen molar-refractivity contribution in [2.45, 2.75) is 104 Å². The molecule has 8 atom stereocenters. The Hall–Kier alpha value is -0.0400. The largest absolute Gasteiger partial charge is 0.396 e. The first kappa shape index (κ1) is 19.3. The minimum Gasteiger partial charge on any atom is -0.396 e. The van der Waals surface area contributed by atoms with Crippen molar-refractivity contribution >= 4 is 0 Å². The van der Waals surface area contributed by atoms with Gasteiger partial charge >= 0.3 is 0 Å². The summed E-state index contributed by atoms with van der Waals surface area (Å²) in [5.74, 6) is 6.06. The van der Waals surface area contributed by atoms with Gasteiger partial charge in [-0.1, -0.05) is 46.5 Å². The van der Waals surface area contributed by atoms with Gasteiger partial charge in [0.15, 0.2) is 0 Å². The molecule has 0 spiro atoms. The Morgan fingerprint density at radius 3 is 2.42 bits per heavy atom. The van der Waals surface area contributed by atoms with Crippen molar-refractivity contribution in [1.29, 1.82) is 0 Å². The first-order valence-electron chi connectivity index (χ1n) is 12.2. The summed E-state index contributed by atoms with van der Waals surface area (Å²) in [6.07, 6.45) is 18.7. The smallest absolute Gasteiger partial charge is 0.0431 e. The Balaban J connectivity index is 1.56. The molecule has 26 heavy (non-hydrogen) atoms. The van der Waals surface area contributed by atoms with Gasteiger partial charge in [0.1, 0.15) is 0 Å². The van der Waals surface area contributed by atoms with Crippen LogP contribution in [0, 0.1) is 46.3 Å². The lowest BCUT2D eigenvalue weighted by atomic mass is 9.42. The molecule has 6 unspecified atom stereocenters. The molecule has 0 aliphatic heterocycles. The van der Waals surface area contributed by atoms with Crippen LogP contribution < -0.4 is 0 Å². The zero-order valence-electron chi connectivity index (χ0n) is 17.8. The first-order valence-corrected chi connectivity index (χ1v) is 12.2. The molecule has 4 fully saturated rings. The number of unbranched alkanes of at least 4 members (excludes halogenated alkanes) is 1. The summed E-state index contributed by atoms with van der Waals surface area (Å²) in [4.78, 5) is 0. The van der Waals surface area contributed by atoms with Crippen molar-refractivity contribution in [2.75, 3.05) is 6.61 Å². The van der Waals surface area contributed by atoms with E-state index in [1.807, 2.05) is 0 Å². The summed E-state index contributed by atoms with van der Waals surface area (Å²) in [5, 5.41) is 9.19. The Labute approximate surface area is 162 Å². The van der Waals surface area contributed by atoms with Crippen LogP contribution in [0.1, 0.15) is 104 Å². The second-order valence-corrected chi connectivity index (χ2v) is 11.2. The number of hydrogen-bond donors (Lipinski definition) is 1. The van der Waals surface area contributed by atoms with Gasteiger partial charge in [-0.25, -0.2) is 0 Å². The Morgan fingerprint density at radius 1 is 0.846 bits per heavy atom. The molecule has 0 saturated heterocycles. The molecule has 4 rings (SSSR count). The normalized spacial score (nSPS) is 50.8. The van der Waals surface area contributed by atoms with Crippen molar-refractivity contribution in [3.05, 3.63) is 0 Å². The van der Waals surface area contributed by atoms with E-state index in [1.165, 1.54) is 70.6 Å². The molecular formula is C25H44O. The van der Waals surface area contributed by atoms with Gasteiger partial charge in [0.2, 0.25) is 0 Å². The molecule has 0 aromatic rings. The van der Waals surface area contributed by atoms with Gasteiger partial charge in [0.25, 0.3) is 0 Å². The highest BCUT2D eigenvalue weighted by Gasteiger charge is 2.60. The Morgan fingerprint density at radius 2 is 1.65 bits per heavy atom. The lowest BCUT2D eigenvalue weighted by molar-refractivity contribution is -0.135. The highest BCUT2D eigenvalue weighted by molar-refractivity contribution is 5.10. The molecule has 0 radical (unpaired) electrons. The van der Waals surface area contributed by atoms with Crippen molar-refractivity contribution in [2.24, 2.45) is 46.3 Å². The van der Waals surface area contributed by atoms with Crippen molar-refractivity contribution in [1.82, 2.24) is 0 Å². The van der Waals surface area contributed by atoms with Gasteiger partial charge in [-0.2, -0.15) is 0 Å². The molecule has 4 saturated carbocycles. The third kappa shape index (κ3) is 2.90. The number of aliphatic hydroxyl groups is 1. The predicted molar refractivity (Wildman–Crippen MR) is 110 cm³/mol. The SMILES string of the molecule is CC[C@H]1CC2C3CCC(CCCCO)C3(C)CC[C@@H]2C2(C)CCCCC12. The standard InChI is InChI=1S/C25H44O/c1-4-18-17-20-22-12-11-19(9-6-8-16-26)24(22,2)15-13-23(20)25(3)14-7-5-10-21(18)25/h18-23,26H,4-17H2,1-3H3/t18-,19?,20?,21?,22?,23-,24?,25?/m0/s1. The fourth-order valence-electron chi connectivity index (χ4n) is 9.11. The Bertz CT molecular complexity index is 487. The van der Waals surface area contributed by atoms with Gasteiger partial charge in [0.05, 0.1) is 0 Å². The fourth-order valence-corrected chi connectivity index (χ4v) is 9.11. The van der Waals surface area contributed by atoms with E-state index >= 15 is 0 Å². The van der Waals surface area contributed by atoms with Gasteiger partial charge < -0.3 is 5.11 Å². The Kier molecular flexibility index (Phi) is 5.50. The highest BCUT2D eigenvalue weighted by atomic mass is 16.2. The second kappa shape index (κ2) is 7.41. The molecule has 1 N–H and O–H groups in total. The summed E-state index contributed by atoms with van der Waals surface area (Å²) in [7, 11) is 0. The van der Waals surface area contributed by atoms with E-state index in [9.17, 15) is 5.11 Å². The van der Waals surface area contributed by atoms with Crippen LogP contribution in [0.4, 0.5) is 0 Å². The molecule has 0 aromatic heterocycles. The second-order valence-electron chi connectivity index (χ2n) is 11.2. The monoisotopic (exact) mass is 360 g/mol. The molecule has 0 amide bonds.